The van der Waals surface area contributed by atoms with Gasteiger partial charge in [-0.25, -0.2) is 8.78 Å². The second kappa shape index (κ2) is 6.95. The molecule has 0 aliphatic heterocycles. The molecule has 0 N–H and O–H groups in total. The Bertz CT molecular complexity index is 788. The van der Waals surface area contributed by atoms with Gasteiger partial charge in [-0.15, -0.1) is 0 Å². The van der Waals surface area contributed by atoms with Crippen molar-refractivity contribution in [1.29, 1.82) is 0 Å². The largest absolute Gasteiger partial charge is 0.490 e. The number of ether oxygens (including phenoxy) is 3. The molecule has 0 spiro atoms. The number of nitro benzene ring substituents is 2. The minimum absolute atomic E-state index is 0.467. The molecule has 0 aromatic heterocycles. The van der Waals surface area contributed by atoms with Crippen LogP contribution in [-0.4, -0.2) is 24.1 Å². The second-order valence-corrected chi connectivity index (χ2v) is 4.53. The molecule has 0 atom stereocenters. The van der Waals surface area contributed by atoms with Crippen molar-refractivity contribution in [3.05, 3.63) is 56.1 Å². The fraction of sp³-hybridized carbons (Fsp3) is 0.143. The van der Waals surface area contributed by atoms with Gasteiger partial charge in [-0.2, -0.15) is 0 Å². The fourth-order valence-corrected chi connectivity index (χ4v) is 2.05. The van der Waals surface area contributed by atoms with Crippen molar-refractivity contribution >= 4 is 11.4 Å². The molecule has 132 valence electrons. The smallest absolute Gasteiger partial charge is 0.353 e. The van der Waals surface area contributed by atoms with E-state index in [0.717, 1.165) is 26.4 Å². The lowest BCUT2D eigenvalue weighted by atomic mass is 10.2. The number of nitrogens with zero attached hydrogens (tertiary/aromatic N) is 2. The topological polar surface area (TPSA) is 114 Å². The summed E-state index contributed by atoms with van der Waals surface area (Å²) in [5, 5.41) is 22.4. The number of hydrogen-bond acceptors (Lipinski definition) is 7. The van der Waals surface area contributed by atoms with Gasteiger partial charge >= 0.3 is 11.4 Å². The second-order valence-electron chi connectivity index (χ2n) is 4.53. The summed E-state index contributed by atoms with van der Waals surface area (Å²) in [5.74, 6) is -4.24. The molecule has 0 fully saturated rings. The van der Waals surface area contributed by atoms with Crippen LogP contribution in [0.4, 0.5) is 20.2 Å². The lowest BCUT2D eigenvalue weighted by Crippen LogP contribution is -2.01. The Labute approximate surface area is 138 Å². The highest BCUT2D eigenvalue weighted by atomic mass is 19.1. The van der Waals surface area contributed by atoms with Crippen LogP contribution in [0.15, 0.2) is 24.3 Å². The van der Waals surface area contributed by atoms with Crippen LogP contribution in [0.25, 0.3) is 0 Å². The summed E-state index contributed by atoms with van der Waals surface area (Å²) in [4.78, 5) is 20.6. The highest BCUT2D eigenvalue weighted by molar-refractivity contribution is 5.63. The maximum absolute atomic E-state index is 13.6. The van der Waals surface area contributed by atoms with Gasteiger partial charge in [0, 0.05) is 24.3 Å². The number of halogens is 2. The average molecular weight is 356 g/mol. The Morgan fingerprint density at radius 3 is 1.36 bits per heavy atom. The lowest BCUT2D eigenvalue weighted by Gasteiger charge is -2.11. The Morgan fingerprint density at radius 2 is 1.08 bits per heavy atom. The molecule has 0 unspecified atom stereocenters. The highest BCUT2D eigenvalue weighted by Crippen LogP contribution is 2.44. The molecule has 2 aromatic rings. The number of hydrogen-bond donors (Lipinski definition) is 0. The van der Waals surface area contributed by atoms with Gasteiger partial charge in [0.25, 0.3) is 0 Å². The molecular weight excluding hydrogens is 346 g/mol. The minimum Gasteiger partial charge on any atom is -0.490 e. The Morgan fingerprint density at radius 1 is 0.760 bits per heavy atom. The van der Waals surface area contributed by atoms with E-state index in [1.165, 1.54) is 0 Å². The molecular formula is C14H10F2N2O7. The Hall–Kier alpha value is -3.50. The Kier molecular flexibility index (Phi) is 4.96. The van der Waals surface area contributed by atoms with Crippen LogP contribution >= 0.6 is 0 Å². The molecule has 11 heteroatoms. The van der Waals surface area contributed by atoms with Crippen LogP contribution in [0.1, 0.15) is 0 Å². The van der Waals surface area contributed by atoms with Gasteiger partial charge in [0.15, 0.2) is 0 Å². The van der Waals surface area contributed by atoms with E-state index < -0.39 is 55.9 Å². The van der Waals surface area contributed by atoms with Crippen molar-refractivity contribution in [3.63, 3.8) is 0 Å². The maximum Gasteiger partial charge on any atom is 0.353 e. The first-order valence-electron chi connectivity index (χ1n) is 6.50. The quantitative estimate of drug-likeness (QED) is 0.574. The van der Waals surface area contributed by atoms with Crippen LogP contribution in [0.3, 0.4) is 0 Å². The molecule has 25 heavy (non-hydrogen) atoms. The highest BCUT2D eigenvalue weighted by Gasteiger charge is 2.29. The molecule has 2 aromatic carbocycles. The summed E-state index contributed by atoms with van der Waals surface area (Å²) in [6.07, 6.45) is 0. The van der Waals surface area contributed by atoms with E-state index in [1.54, 1.807) is 0 Å². The van der Waals surface area contributed by atoms with E-state index >= 15 is 0 Å². The van der Waals surface area contributed by atoms with Gasteiger partial charge in [0.05, 0.1) is 24.1 Å². The summed E-state index contributed by atoms with van der Waals surface area (Å²) in [6.45, 7) is 0. The van der Waals surface area contributed by atoms with E-state index in [-0.39, 0.29) is 0 Å². The van der Waals surface area contributed by atoms with Gasteiger partial charge in [-0.05, 0) is 0 Å². The van der Waals surface area contributed by atoms with Gasteiger partial charge in [-0.3, -0.25) is 20.2 Å². The molecule has 2 rings (SSSR count). The van der Waals surface area contributed by atoms with Crippen LogP contribution in [-0.2, 0) is 0 Å². The van der Waals surface area contributed by atoms with Crippen molar-refractivity contribution < 1.29 is 32.8 Å². The summed E-state index contributed by atoms with van der Waals surface area (Å²) in [7, 11) is 2.14. The zero-order chi connectivity index (χ0) is 18.7. The summed E-state index contributed by atoms with van der Waals surface area (Å²) in [5.41, 5.74) is -1.55. The van der Waals surface area contributed by atoms with E-state index in [2.05, 4.69) is 0 Å². The third-order valence-corrected chi connectivity index (χ3v) is 3.03. The van der Waals surface area contributed by atoms with E-state index in [4.69, 9.17) is 14.2 Å². The average Bonchev–Trinajstić information content (AvgIpc) is 2.52. The normalized spacial score (nSPS) is 10.2. The van der Waals surface area contributed by atoms with E-state index in [1.807, 2.05) is 0 Å². The molecule has 0 radical (unpaired) electrons. The number of benzene rings is 2. The molecule has 0 saturated carbocycles. The predicted molar refractivity (Wildman–Crippen MR) is 79.3 cm³/mol. The monoisotopic (exact) mass is 356 g/mol. The van der Waals surface area contributed by atoms with Crippen molar-refractivity contribution in [2.45, 2.75) is 0 Å². The molecule has 9 nitrogen and oxygen atoms in total. The van der Waals surface area contributed by atoms with Gasteiger partial charge in [0.1, 0.15) is 11.6 Å². The first-order valence-corrected chi connectivity index (χ1v) is 6.50. The summed E-state index contributed by atoms with van der Waals surface area (Å²) in [6, 6.07) is 2.74. The molecule has 0 bridgehead atoms. The third kappa shape index (κ3) is 3.54. The van der Waals surface area contributed by atoms with E-state index in [9.17, 15) is 29.0 Å². The van der Waals surface area contributed by atoms with Crippen LogP contribution < -0.4 is 14.2 Å². The van der Waals surface area contributed by atoms with Crippen molar-refractivity contribution in [1.82, 2.24) is 0 Å². The number of rotatable bonds is 6. The molecule has 0 heterocycles. The van der Waals surface area contributed by atoms with Crippen LogP contribution in [0.2, 0.25) is 0 Å². The van der Waals surface area contributed by atoms with Gasteiger partial charge in [-0.1, -0.05) is 0 Å². The summed E-state index contributed by atoms with van der Waals surface area (Å²) >= 11 is 0. The van der Waals surface area contributed by atoms with Crippen molar-refractivity contribution in [2.24, 2.45) is 0 Å². The number of methoxy groups -OCH3 is 2. The standard InChI is InChI=1S/C14H10F2N2O7/c1-23-9-3-7(15)5-11(13(9)17(19)20)25-12-6-8(16)4-10(24-2)14(12)18(21)22/h3-6H,1-2H3. The van der Waals surface area contributed by atoms with E-state index in [0.29, 0.717) is 12.1 Å². The molecule has 0 amide bonds. The van der Waals surface area contributed by atoms with Crippen molar-refractivity contribution in [2.75, 3.05) is 14.2 Å². The SMILES string of the molecule is COc1cc(F)cc(Oc2cc(F)cc(OC)c2[N+](=O)[O-])c1[N+](=O)[O-]. The predicted octanol–water partition coefficient (Wildman–Crippen LogP) is 3.59. The van der Waals surface area contributed by atoms with Crippen LogP contribution in [0.5, 0.6) is 23.0 Å². The third-order valence-electron chi connectivity index (χ3n) is 3.03. The Balaban J connectivity index is 2.68. The molecule has 0 aliphatic rings. The van der Waals surface area contributed by atoms with Crippen molar-refractivity contribution in [3.8, 4) is 23.0 Å². The van der Waals surface area contributed by atoms with Gasteiger partial charge < -0.3 is 14.2 Å². The lowest BCUT2D eigenvalue weighted by molar-refractivity contribution is -0.388. The zero-order valence-corrected chi connectivity index (χ0v) is 12.8. The van der Waals surface area contributed by atoms with Gasteiger partial charge in [0.2, 0.25) is 23.0 Å². The first kappa shape index (κ1) is 17.8. The number of nitro groups is 2. The first-order chi connectivity index (χ1) is 11.8. The zero-order valence-electron chi connectivity index (χ0n) is 12.8. The summed E-state index contributed by atoms with van der Waals surface area (Å²) < 4.78 is 41.8. The molecule has 0 saturated heterocycles. The maximum atomic E-state index is 13.6. The van der Waals surface area contributed by atoms with Crippen LogP contribution in [0, 0.1) is 31.9 Å². The minimum atomic E-state index is -0.955. The molecule has 0 aliphatic carbocycles. The fourth-order valence-electron chi connectivity index (χ4n) is 2.05.